The molecule has 5 atom stereocenters. The van der Waals surface area contributed by atoms with Gasteiger partial charge in [0.05, 0.1) is 0 Å². The Morgan fingerprint density at radius 3 is 2.72 bits per heavy atom. The summed E-state index contributed by atoms with van der Waals surface area (Å²) in [4.78, 5) is 13.2. The van der Waals surface area contributed by atoms with Gasteiger partial charge in [-0.15, -0.1) is 0 Å². The Hall–Kier alpha value is -0.570. The first-order chi connectivity index (χ1) is 8.66. The Morgan fingerprint density at radius 1 is 1.17 bits per heavy atom. The van der Waals surface area contributed by atoms with Gasteiger partial charge in [-0.3, -0.25) is 4.79 Å². The van der Waals surface area contributed by atoms with Crippen LogP contribution in [0.4, 0.5) is 0 Å². The Labute approximate surface area is 110 Å². The second kappa shape index (κ2) is 4.84. The number of nitrogens with zero attached hydrogens (tertiary/aromatic N) is 1. The molecule has 3 fully saturated rings. The highest BCUT2D eigenvalue weighted by Crippen LogP contribution is 2.58. The average molecular weight is 250 g/mol. The molecule has 3 nitrogen and oxygen atoms in total. The van der Waals surface area contributed by atoms with E-state index in [1.807, 2.05) is 14.1 Å². The molecule has 0 spiro atoms. The van der Waals surface area contributed by atoms with E-state index in [0.717, 1.165) is 30.2 Å². The van der Waals surface area contributed by atoms with Crippen LogP contribution >= 0.6 is 0 Å². The number of rotatable bonds is 4. The molecule has 0 aromatic heterocycles. The van der Waals surface area contributed by atoms with Crippen molar-refractivity contribution in [2.24, 2.45) is 23.7 Å². The fourth-order valence-electron chi connectivity index (χ4n) is 4.89. The molecular weight excluding hydrogens is 224 g/mol. The lowest BCUT2D eigenvalue weighted by Gasteiger charge is -2.32. The summed E-state index contributed by atoms with van der Waals surface area (Å²) in [5.41, 5.74) is 0. The first-order valence-electron chi connectivity index (χ1n) is 7.60. The Balaban J connectivity index is 1.47. The lowest BCUT2D eigenvalue weighted by molar-refractivity contribution is -0.128. The van der Waals surface area contributed by atoms with Crippen molar-refractivity contribution in [2.45, 2.75) is 44.6 Å². The van der Waals surface area contributed by atoms with Crippen LogP contribution in [0.3, 0.4) is 0 Å². The van der Waals surface area contributed by atoms with Gasteiger partial charge < -0.3 is 10.2 Å². The van der Waals surface area contributed by atoms with Gasteiger partial charge in [0.1, 0.15) is 0 Å². The van der Waals surface area contributed by atoms with E-state index in [2.05, 4.69) is 5.32 Å². The van der Waals surface area contributed by atoms with Crippen LogP contribution < -0.4 is 5.32 Å². The zero-order valence-electron chi connectivity index (χ0n) is 11.7. The van der Waals surface area contributed by atoms with Gasteiger partial charge in [-0.25, -0.2) is 0 Å². The summed E-state index contributed by atoms with van der Waals surface area (Å²) in [6.45, 7) is 0.863. The molecule has 0 aliphatic heterocycles. The zero-order valence-corrected chi connectivity index (χ0v) is 11.7. The Morgan fingerprint density at radius 2 is 1.94 bits per heavy atom. The summed E-state index contributed by atoms with van der Waals surface area (Å²) in [6.07, 6.45) is 7.93. The topological polar surface area (TPSA) is 32.3 Å². The number of carbonyl (C=O) groups excluding carboxylic acids is 1. The van der Waals surface area contributed by atoms with Gasteiger partial charge >= 0.3 is 0 Å². The standard InChI is InChI=1S/C15H26N2O/c1-17(2)15(18)6-7-16-14-9-10-8-13(14)12-5-3-4-11(10)12/h10-14,16H,3-9H2,1-2H3. The van der Waals surface area contributed by atoms with Crippen molar-refractivity contribution in [1.29, 1.82) is 0 Å². The number of amides is 1. The van der Waals surface area contributed by atoms with Crippen LogP contribution in [0, 0.1) is 23.7 Å². The van der Waals surface area contributed by atoms with Gasteiger partial charge in [0.25, 0.3) is 0 Å². The van der Waals surface area contributed by atoms with E-state index in [1.165, 1.54) is 32.1 Å². The minimum atomic E-state index is 0.240. The minimum Gasteiger partial charge on any atom is -0.349 e. The van der Waals surface area contributed by atoms with Gasteiger partial charge in [-0.05, 0) is 49.4 Å². The molecule has 0 aromatic rings. The molecular formula is C15H26N2O. The van der Waals surface area contributed by atoms with E-state index in [9.17, 15) is 4.79 Å². The van der Waals surface area contributed by atoms with Crippen molar-refractivity contribution in [1.82, 2.24) is 10.2 Å². The minimum absolute atomic E-state index is 0.240. The number of nitrogens with one attached hydrogen (secondary N) is 1. The predicted molar refractivity (Wildman–Crippen MR) is 72.1 cm³/mol. The fraction of sp³-hybridized carbons (Fsp3) is 0.933. The van der Waals surface area contributed by atoms with E-state index in [-0.39, 0.29) is 5.91 Å². The van der Waals surface area contributed by atoms with Gasteiger partial charge in [-0.2, -0.15) is 0 Å². The van der Waals surface area contributed by atoms with E-state index >= 15 is 0 Å². The third-order valence-electron chi connectivity index (χ3n) is 5.67. The SMILES string of the molecule is CN(C)C(=O)CCNC1CC2CC1C1CCCC21. The van der Waals surface area contributed by atoms with Crippen LogP contribution in [0.5, 0.6) is 0 Å². The second-order valence-electron chi connectivity index (χ2n) is 6.75. The largest absolute Gasteiger partial charge is 0.349 e. The van der Waals surface area contributed by atoms with E-state index < -0.39 is 0 Å². The third-order valence-corrected chi connectivity index (χ3v) is 5.67. The predicted octanol–water partition coefficient (Wildman–Crippen LogP) is 1.88. The van der Waals surface area contributed by atoms with Gasteiger partial charge in [-0.1, -0.05) is 6.42 Å². The molecule has 1 amide bonds. The van der Waals surface area contributed by atoms with E-state index in [1.54, 1.807) is 4.90 Å². The molecule has 3 heteroatoms. The number of hydrogen-bond acceptors (Lipinski definition) is 2. The maximum absolute atomic E-state index is 11.5. The lowest BCUT2D eigenvalue weighted by Crippen LogP contribution is -2.40. The summed E-state index contributed by atoms with van der Waals surface area (Å²) in [7, 11) is 3.67. The lowest BCUT2D eigenvalue weighted by atomic mass is 9.79. The number of fused-ring (bicyclic) bond motifs is 5. The van der Waals surface area contributed by atoms with Crippen LogP contribution in [0.2, 0.25) is 0 Å². The van der Waals surface area contributed by atoms with E-state index in [4.69, 9.17) is 0 Å². The highest BCUT2D eigenvalue weighted by Gasteiger charge is 2.53. The second-order valence-corrected chi connectivity index (χ2v) is 6.75. The molecule has 5 unspecified atom stereocenters. The maximum Gasteiger partial charge on any atom is 0.223 e. The van der Waals surface area contributed by atoms with Crippen LogP contribution in [-0.2, 0) is 4.79 Å². The van der Waals surface area contributed by atoms with Crippen LogP contribution in [0.1, 0.15) is 38.5 Å². The van der Waals surface area contributed by atoms with Crippen molar-refractivity contribution in [3.63, 3.8) is 0 Å². The molecule has 3 rings (SSSR count). The maximum atomic E-state index is 11.5. The molecule has 1 N–H and O–H groups in total. The molecule has 0 saturated heterocycles. The molecule has 0 aromatic carbocycles. The number of hydrogen-bond donors (Lipinski definition) is 1. The van der Waals surface area contributed by atoms with E-state index in [0.29, 0.717) is 12.5 Å². The van der Waals surface area contributed by atoms with Gasteiger partial charge in [0.2, 0.25) is 5.91 Å². The molecule has 3 saturated carbocycles. The Bertz CT molecular complexity index is 328. The first kappa shape index (κ1) is 12.5. The van der Waals surface area contributed by atoms with Crippen molar-refractivity contribution in [3.05, 3.63) is 0 Å². The summed E-state index contributed by atoms with van der Waals surface area (Å²) < 4.78 is 0. The number of carbonyl (C=O) groups is 1. The van der Waals surface area contributed by atoms with Crippen molar-refractivity contribution < 1.29 is 4.79 Å². The molecule has 3 aliphatic carbocycles. The highest BCUT2D eigenvalue weighted by atomic mass is 16.2. The smallest absolute Gasteiger partial charge is 0.223 e. The molecule has 3 aliphatic rings. The molecule has 0 radical (unpaired) electrons. The molecule has 18 heavy (non-hydrogen) atoms. The molecule has 0 heterocycles. The quantitative estimate of drug-likeness (QED) is 0.826. The summed E-state index contributed by atoms with van der Waals surface area (Å²) in [5.74, 6) is 4.26. The van der Waals surface area contributed by atoms with Crippen molar-refractivity contribution >= 4 is 5.91 Å². The van der Waals surface area contributed by atoms with Crippen LogP contribution in [0.25, 0.3) is 0 Å². The van der Waals surface area contributed by atoms with Gasteiger partial charge in [0.15, 0.2) is 0 Å². The Kier molecular flexibility index (Phi) is 3.35. The molecule has 2 bridgehead atoms. The van der Waals surface area contributed by atoms with Crippen LogP contribution in [-0.4, -0.2) is 37.5 Å². The normalized spacial score (nSPS) is 41.1. The zero-order chi connectivity index (χ0) is 12.7. The van der Waals surface area contributed by atoms with Crippen molar-refractivity contribution in [3.8, 4) is 0 Å². The fourth-order valence-corrected chi connectivity index (χ4v) is 4.89. The summed E-state index contributed by atoms with van der Waals surface area (Å²) >= 11 is 0. The highest BCUT2D eigenvalue weighted by molar-refractivity contribution is 5.75. The summed E-state index contributed by atoms with van der Waals surface area (Å²) in [5, 5.41) is 3.66. The van der Waals surface area contributed by atoms with Crippen molar-refractivity contribution in [2.75, 3.05) is 20.6 Å². The average Bonchev–Trinajstić information content (AvgIpc) is 3.00. The summed E-state index contributed by atoms with van der Waals surface area (Å²) in [6, 6.07) is 0.712. The van der Waals surface area contributed by atoms with Gasteiger partial charge in [0, 0.05) is 33.1 Å². The molecule has 102 valence electrons. The third kappa shape index (κ3) is 2.07. The first-order valence-corrected chi connectivity index (χ1v) is 7.60. The van der Waals surface area contributed by atoms with Crippen LogP contribution in [0.15, 0.2) is 0 Å². The monoisotopic (exact) mass is 250 g/mol.